The van der Waals surface area contributed by atoms with Crippen LogP contribution in [0.4, 0.5) is 4.39 Å². The van der Waals surface area contributed by atoms with E-state index in [2.05, 4.69) is 10.6 Å². The summed E-state index contributed by atoms with van der Waals surface area (Å²) < 4.78 is 23.8. The van der Waals surface area contributed by atoms with Gasteiger partial charge in [0.25, 0.3) is 0 Å². The van der Waals surface area contributed by atoms with Crippen LogP contribution in [-0.4, -0.2) is 50.1 Å². The third-order valence-corrected chi connectivity index (χ3v) is 5.08. The summed E-state index contributed by atoms with van der Waals surface area (Å²) in [4.78, 5) is 26.9. The Morgan fingerprint density at radius 2 is 1.97 bits per heavy atom. The van der Waals surface area contributed by atoms with E-state index in [1.165, 1.54) is 12.1 Å². The number of hydrogen-bond donors (Lipinski definition) is 2. The lowest BCUT2D eigenvalue weighted by Crippen LogP contribution is -2.56. The van der Waals surface area contributed by atoms with Crippen molar-refractivity contribution in [1.29, 1.82) is 0 Å². The first kappa shape index (κ1) is 21.6. The van der Waals surface area contributed by atoms with Gasteiger partial charge in [0.1, 0.15) is 5.82 Å². The van der Waals surface area contributed by atoms with Gasteiger partial charge in [-0.15, -0.1) is 0 Å². The highest BCUT2D eigenvalue weighted by Gasteiger charge is 2.32. The number of amides is 2. The zero-order valence-electron chi connectivity index (χ0n) is 17.1. The molecule has 1 saturated heterocycles. The van der Waals surface area contributed by atoms with Crippen LogP contribution in [0.25, 0.3) is 0 Å². The Bertz CT molecular complexity index is 888. The monoisotopic (exact) mass is 415 g/mol. The van der Waals surface area contributed by atoms with Crippen molar-refractivity contribution in [3.8, 4) is 11.5 Å². The normalized spacial score (nSPS) is 16.6. The van der Waals surface area contributed by atoms with Gasteiger partial charge in [-0.3, -0.25) is 14.5 Å². The lowest BCUT2D eigenvalue weighted by atomic mass is 10.1. The second kappa shape index (κ2) is 10.1. The summed E-state index contributed by atoms with van der Waals surface area (Å²) in [5, 5.41) is 5.62. The number of halogens is 1. The summed E-state index contributed by atoms with van der Waals surface area (Å²) >= 11 is 0. The van der Waals surface area contributed by atoms with Gasteiger partial charge < -0.3 is 20.1 Å². The number of ether oxygens (including phenoxy) is 2. The molecule has 2 aromatic carbocycles. The van der Waals surface area contributed by atoms with E-state index in [-0.39, 0.29) is 30.6 Å². The standard InChI is InChI=1S/C22H26FN3O4/c1-29-19-5-3-4-16(21(19)30-2)14-26-11-10-24-22(28)18(26)12-20(27)25-13-15-6-8-17(23)9-7-15/h3-9,18H,10-14H2,1-2H3,(H,24,28)(H,25,27)/t18-/m0/s1. The summed E-state index contributed by atoms with van der Waals surface area (Å²) in [5.74, 6) is 0.479. The molecule has 0 saturated carbocycles. The number of carbonyl (C=O) groups excluding carboxylic acids is 2. The first-order chi connectivity index (χ1) is 14.5. The molecule has 0 bridgehead atoms. The van der Waals surface area contributed by atoms with E-state index in [0.29, 0.717) is 31.1 Å². The number of methoxy groups -OCH3 is 2. The van der Waals surface area contributed by atoms with Crippen LogP contribution in [0.3, 0.4) is 0 Å². The maximum absolute atomic E-state index is 13.0. The molecule has 0 radical (unpaired) electrons. The largest absolute Gasteiger partial charge is 0.493 e. The number of nitrogens with one attached hydrogen (secondary N) is 2. The fraction of sp³-hybridized carbons (Fsp3) is 0.364. The highest BCUT2D eigenvalue weighted by atomic mass is 19.1. The van der Waals surface area contributed by atoms with Gasteiger partial charge in [-0.1, -0.05) is 24.3 Å². The van der Waals surface area contributed by atoms with Gasteiger partial charge in [-0.2, -0.15) is 0 Å². The van der Waals surface area contributed by atoms with Crippen molar-refractivity contribution in [2.75, 3.05) is 27.3 Å². The Hall–Kier alpha value is -3.13. The third-order valence-electron chi connectivity index (χ3n) is 5.08. The molecule has 160 valence electrons. The second-order valence-corrected chi connectivity index (χ2v) is 7.04. The molecule has 2 amide bonds. The third kappa shape index (κ3) is 5.27. The van der Waals surface area contributed by atoms with E-state index in [4.69, 9.17) is 9.47 Å². The van der Waals surface area contributed by atoms with Crippen molar-refractivity contribution in [1.82, 2.24) is 15.5 Å². The van der Waals surface area contributed by atoms with Crippen molar-refractivity contribution in [3.05, 3.63) is 59.4 Å². The summed E-state index contributed by atoms with van der Waals surface area (Å²) in [7, 11) is 3.15. The van der Waals surface area contributed by atoms with Gasteiger partial charge in [0.05, 0.1) is 26.7 Å². The lowest BCUT2D eigenvalue weighted by Gasteiger charge is -2.35. The molecule has 1 heterocycles. The number of nitrogens with zero attached hydrogens (tertiary/aromatic N) is 1. The average molecular weight is 415 g/mol. The zero-order chi connectivity index (χ0) is 21.5. The van der Waals surface area contributed by atoms with Gasteiger partial charge in [0.15, 0.2) is 11.5 Å². The molecule has 3 rings (SSSR count). The first-order valence-electron chi connectivity index (χ1n) is 9.74. The van der Waals surface area contributed by atoms with Crippen molar-refractivity contribution in [2.45, 2.75) is 25.6 Å². The minimum atomic E-state index is -0.595. The van der Waals surface area contributed by atoms with Crippen LogP contribution in [-0.2, 0) is 22.7 Å². The minimum absolute atomic E-state index is 0.0271. The summed E-state index contributed by atoms with van der Waals surface area (Å²) in [6, 6.07) is 10.9. The van der Waals surface area contributed by atoms with Gasteiger partial charge in [0.2, 0.25) is 11.8 Å². The van der Waals surface area contributed by atoms with Crippen LogP contribution in [0.2, 0.25) is 0 Å². The van der Waals surface area contributed by atoms with Crippen LogP contribution in [0.5, 0.6) is 11.5 Å². The van der Waals surface area contributed by atoms with Gasteiger partial charge in [-0.05, 0) is 23.8 Å². The van der Waals surface area contributed by atoms with Gasteiger partial charge >= 0.3 is 0 Å². The molecule has 0 aromatic heterocycles. The highest BCUT2D eigenvalue weighted by Crippen LogP contribution is 2.32. The van der Waals surface area contributed by atoms with Crippen molar-refractivity contribution < 1.29 is 23.5 Å². The molecule has 1 aliphatic rings. The molecule has 0 aliphatic carbocycles. The molecule has 1 fully saturated rings. The second-order valence-electron chi connectivity index (χ2n) is 7.04. The Kier molecular flexibility index (Phi) is 7.24. The zero-order valence-corrected chi connectivity index (χ0v) is 17.1. The van der Waals surface area contributed by atoms with E-state index in [9.17, 15) is 14.0 Å². The SMILES string of the molecule is COc1cccc(CN2CCNC(=O)[C@@H]2CC(=O)NCc2ccc(F)cc2)c1OC. The van der Waals surface area contributed by atoms with Crippen molar-refractivity contribution in [2.24, 2.45) is 0 Å². The molecular weight excluding hydrogens is 389 g/mol. The van der Waals surface area contributed by atoms with E-state index in [1.54, 1.807) is 26.4 Å². The fourth-order valence-electron chi connectivity index (χ4n) is 3.52. The molecule has 7 nitrogen and oxygen atoms in total. The van der Waals surface area contributed by atoms with E-state index >= 15 is 0 Å². The maximum atomic E-state index is 13.0. The number of carbonyl (C=O) groups is 2. The Labute approximate surface area is 175 Å². The molecule has 30 heavy (non-hydrogen) atoms. The summed E-state index contributed by atoms with van der Waals surface area (Å²) in [6.45, 7) is 1.85. The number of para-hydroxylation sites is 1. The Balaban J connectivity index is 1.66. The van der Waals surface area contributed by atoms with Crippen LogP contribution >= 0.6 is 0 Å². The smallest absolute Gasteiger partial charge is 0.237 e. The van der Waals surface area contributed by atoms with Gasteiger partial charge in [0, 0.05) is 31.7 Å². The fourth-order valence-corrected chi connectivity index (χ4v) is 3.52. The quantitative estimate of drug-likeness (QED) is 0.688. The summed E-state index contributed by atoms with van der Waals surface area (Å²) in [5.41, 5.74) is 1.67. The van der Waals surface area contributed by atoms with Gasteiger partial charge in [-0.25, -0.2) is 4.39 Å². The molecular formula is C22H26FN3O4. The Morgan fingerprint density at radius 1 is 1.20 bits per heavy atom. The predicted molar refractivity (Wildman–Crippen MR) is 110 cm³/mol. The van der Waals surface area contributed by atoms with Crippen LogP contribution in [0, 0.1) is 5.82 Å². The molecule has 1 atom stereocenters. The summed E-state index contributed by atoms with van der Waals surface area (Å²) in [6.07, 6.45) is 0.0271. The maximum Gasteiger partial charge on any atom is 0.237 e. The molecule has 8 heteroatoms. The number of piperazine rings is 1. The van der Waals surface area contributed by atoms with Crippen LogP contribution in [0.1, 0.15) is 17.5 Å². The highest BCUT2D eigenvalue weighted by molar-refractivity contribution is 5.88. The molecule has 0 unspecified atom stereocenters. The molecule has 0 spiro atoms. The molecule has 2 N–H and O–H groups in total. The lowest BCUT2D eigenvalue weighted by molar-refractivity contribution is -0.134. The first-order valence-corrected chi connectivity index (χ1v) is 9.74. The van der Waals surface area contributed by atoms with Crippen LogP contribution in [0.15, 0.2) is 42.5 Å². The van der Waals surface area contributed by atoms with Crippen molar-refractivity contribution in [3.63, 3.8) is 0 Å². The van der Waals surface area contributed by atoms with E-state index in [0.717, 1.165) is 11.1 Å². The van der Waals surface area contributed by atoms with Crippen molar-refractivity contribution >= 4 is 11.8 Å². The predicted octanol–water partition coefficient (Wildman–Crippen LogP) is 1.85. The number of hydrogen-bond acceptors (Lipinski definition) is 5. The van der Waals surface area contributed by atoms with Crippen LogP contribution < -0.4 is 20.1 Å². The molecule has 2 aromatic rings. The minimum Gasteiger partial charge on any atom is -0.493 e. The Morgan fingerprint density at radius 3 is 2.67 bits per heavy atom. The number of benzene rings is 2. The topological polar surface area (TPSA) is 79.9 Å². The molecule has 1 aliphatic heterocycles. The van der Waals surface area contributed by atoms with E-state index < -0.39 is 6.04 Å². The average Bonchev–Trinajstić information content (AvgIpc) is 2.75. The van der Waals surface area contributed by atoms with E-state index in [1.807, 2.05) is 23.1 Å². The number of rotatable bonds is 8.